The number of aromatic nitrogens is 2. The molecule has 2 rings (SSSR count). The lowest BCUT2D eigenvalue weighted by atomic mass is 10.2. The molecule has 3 nitrogen and oxygen atoms in total. The van der Waals surface area contributed by atoms with E-state index in [0.29, 0.717) is 11.1 Å². The van der Waals surface area contributed by atoms with Crippen LogP contribution in [0.15, 0.2) is 22.7 Å². The maximum atomic E-state index is 5.67. The van der Waals surface area contributed by atoms with E-state index in [1.807, 2.05) is 25.1 Å². The summed E-state index contributed by atoms with van der Waals surface area (Å²) in [5, 5.41) is 8.34. The van der Waals surface area contributed by atoms with Crippen LogP contribution in [-0.4, -0.2) is 10.2 Å². The van der Waals surface area contributed by atoms with Gasteiger partial charge in [-0.25, -0.2) is 0 Å². The molecule has 0 saturated carbocycles. The second-order valence-corrected chi connectivity index (χ2v) is 5.67. The first kappa shape index (κ1) is 11.8. The third kappa shape index (κ3) is 2.93. The molecule has 0 atom stereocenters. The molecule has 0 aliphatic carbocycles. The van der Waals surface area contributed by atoms with Crippen LogP contribution in [0.4, 0.5) is 0 Å². The van der Waals surface area contributed by atoms with Crippen LogP contribution >= 0.6 is 38.9 Å². The van der Waals surface area contributed by atoms with E-state index in [0.717, 1.165) is 15.2 Å². The molecule has 0 amide bonds. The van der Waals surface area contributed by atoms with Crippen molar-refractivity contribution in [1.82, 2.24) is 10.2 Å². The van der Waals surface area contributed by atoms with E-state index < -0.39 is 0 Å². The number of benzene rings is 1. The molecule has 0 bridgehead atoms. The van der Waals surface area contributed by atoms with Crippen LogP contribution in [0, 0.1) is 6.92 Å². The Hall–Kier alpha value is -0.650. The largest absolute Gasteiger partial charge is 0.485 e. The Labute approximate surface area is 111 Å². The highest BCUT2D eigenvalue weighted by Gasteiger charge is 2.05. The van der Waals surface area contributed by atoms with E-state index in [2.05, 4.69) is 26.1 Å². The van der Waals surface area contributed by atoms with Crippen molar-refractivity contribution in [2.45, 2.75) is 13.5 Å². The van der Waals surface area contributed by atoms with Gasteiger partial charge in [-0.05, 0) is 52.2 Å². The predicted molar refractivity (Wildman–Crippen MR) is 68.1 cm³/mol. The summed E-state index contributed by atoms with van der Waals surface area (Å²) in [4.78, 5) is 0. The topological polar surface area (TPSA) is 35.0 Å². The molecule has 0 aliphatic heterocycles. The van der Waals surface area contributed by atoms with Crippen molar-refractivity contribution in [3.63, 3.8) is 0 Å². The van der Waals surface area contributed by atoms with E-state index in [1.165, 1.54) is 16.9 Å². The molecule has 0 aliphatic rings. The zero-order valence-corrected chi connectivity index (χ0v) is 11.6. The van der Waals surface area contributed by atoms with E-state index >= 15 is 0 Å². The van der Waals surface area contributed by atoms with Gasteiger partial charge in [0.2, 0.25) is 4.47 Å². The number of ether oxygens (including phenoxy) is 1. The molecule has 2 aromatic rings. The number of hydrogen-bond donors (Lipinski definition) is 0. The van der Waals surface area contributed by atoms with Crippen molar-refractivity contribution in [2.24, 2.45) is 0 Å². The Morgan fingerprint density at radius 1 is 1.44 bits per heavy atom. The molecule has 0 saturated heterocycles. The smallest absolute Gasteiger partial charge is 0.207 e. The summed E-state index contributed by atoms with van der Waals surface area (Å²) in [5.74, 6) is 0.789. The van der Waals surface area contributed by atoms with Crippen LogP contribution in [0.5, 0.6) is 5.75 Å². The third-order valence-electron chi connectivity index (χ3n) is 1.88. The minimum Gasteiger partial charge on any atom is -0.485 e. The van der Waals surface area contributed by atoms with Crippen molar-refractivity contribution in [2.75, 3.05) is 0 Å². The molecule has 1 heterocycles. The molecule has 0 spiro atoms. The minimum atomic E-state index is 0.381. The molecule has 1 aromatic carbocycles. The van der Waals surface area contributed by atoms with Gasteiger partial charge >= 0.3 is 0 Å². The molecule has 0 radical (unpaired) electrons. The van der Waals surface area contributed by atoms with Gasteiger partial charge in [-0.1, -0.05) is 17.4 Å². The molecule has 16 heavy (non-hydrogen) atoms. The highest BCUT2D eigenvalue weighted by atomic mass is 79.9. The second kappa shape index (κ2) is 5.12. The first-order valence-electron chi connectivity index (χ1n) is 4.52. The summed E-state index contributed by atoms with van der Waals surface area (Å²) in [6, 6.07) is 5.91. The standard InChI is InChI=1S/C10H8BrClN2OS/c1-6-2-3-8(7(11)4-6)15-5-9-13-14-10(12)16-9/h2-4H,5H2,1H3. The van der Waals surface area contributed by atoms with E-state index in [4.69, 9.17) is 16.3 Å². The molecule has 84 valence electrons. The zero-order valence-electron chi connectivity index (χ0n) is 8.41. The highest BCUT2D eigenvalue weighted by molar-refractivity contribution is 9.10. The molecule has 6 heteroatoms. The molecular weight excluding hydrogens is 312 g/mol. The van der Waals surface area contributed by atoms with E-state index in [-0.39, 0.29) is 0 Å². The Morgan fingerprint density at radius 2 is 2.25 bits per heavy atom. The van der Waals surface area contributed by atoms with Gasteiger partial charge in [-0.3, -0.25) is 0 Å². The quantitative estimate of drug-likeness (QED) is 0.862. The number of rotatable bonds is 3. The van der Waals surface area contributed by atoms with Gasteiger partial charge < -0.3 is 4.74 Å². The van der Waals surface area contributed by atoms with Crippen molar-refractivity contribution in [3.05, 3.63) is 37.7 Å². The monoisotopic (exact) mass is 318 g/mol. The van der Waals surface area contributed by atoms with Gasteiger partial charge in [0.05, 0.1) is 4.47 Å². The van der Waals surface area contributed by atoms with Gasteiger partial charge in [-0.2, -0.15) is 0 Å². The maximum absolute atomic E-state index is 5.67. The van der Waals surface area contributed by atoms with Gasteiger partial charge in [0.25, 0.3) is 0 Å². The Morgan fingerprint density at radius 3 is 2.88 bits per heavy atom. The fraction of sp³-hybridized carbons (Fsp3) is 0.200. The van der Waals surface area contributed by atoms with Crippen molar-refractivity contribution >= 4 is 38.9 Å². The number of aryl methyl sites for hydroxylation is 1. The van der Waals surface area contributed by atoms with E-state index in [1.54, 1.807) is 0 Å². The first-order valence-corrected chi connectivity index (χ1v) is 6.51. The Kier molecular flexibility index (Phi) is 3.78. The molecule has 0 fully saturated rings. The lowest BCUT2D eigenvalue weighted by Crippen LogP contribution is -1.95. The fourth-order valence-electron chi connectivity index (χ4n) is 1.15. The second-order valence-electron chi connectivity index (χ2n) is 3.17. The third-order valence-corrected chi connectivity index (χ3v) is 3.49. The summed E-state index contributed by atoms with van der Waals surface area (Å²) in [6.45, 7) is 2.41. The first-order chi connectivity index (χ1) is 7.65. The molecule has 0 unspecified atom stereocenters. The summed E-state index contributed by atoms with van der Waals surface area (Å²) in [5.41, 5.74) is 1.18. The van der Waals surface area contributed by atoms with Crippen molar-refractivity contribution in [3.8, 4) is 5.75 Å². The molecular formula is C10H8BrClN2OS. The fourth-order valence-corrected chi connectivity index (χ4v) is 2.54. The van der Waals surface area contributed by atoms with Crippen molar-refractivity contribution < 1.29 is 4.74 Å². The Bertz CT molecular complexity index is 503. The van der Waals surface area contributed by atoms with Crippen LogP contribution in [-0.2, 0) is 6.61 Å². The van der Waals surface area contributed by atoms with Crippen LogP contribution in [0.1, 0.15) is 10.6 Å². The van der Waals surface area contributed by atoms with Crippen LogP contribution in [0.2, 0.25) is 4.47 Å². The summed E-state index contributed by atoms with van der Waals surface area (Å²) in [6.07, 6.45) is 0. The van der Waals surface area contributed by atoms with Gasteiger partial charge in [0.15, 0.2) is 5.01 Å². The maximum Gasteiger partial charge on any atom is 0.207 e. The number of nitrogens with zero attached hydrogens (tertiary/aromatic N) is 2. The summed E-state index contributed by atoms with van der Waals surface area (Å²) < 4.78 is 6.96. The minimum absolute atomic E-state index is 0.381. The van der Waals surface area contributed by atoms with Gasteiger partial charge in [0.1, 0.15) is 12.4 Å². The average Bonchev–Trinajstić information content (AvgIpc) is 2.63. The normalized spacial score (nSPS) is 10.4. The number of hydrogen-bond acceptors (Lipinski definition) is 4. The lowest BCUT2D eigenvalue weighted by molar-refractivity contribution is 0.302. The number of halogens is 2. The average molecular weight is 320 g/mol. The van der Waals surface area contributed by atoms with Crippen LogP contribution < -0.4 is 4.74 Å². The SMILES string of the molecule is Cc1ccc(OCc2nnc(Cl)s2)c(Br)c1. The molecule has 1 aromatic heterocycles. The lowest BCUT2D eigenvalue weighted by Gasteiger charge is -2.06. The van der Waals surface area contributed by atoms with E-state index in [9.17, 15) is 0 Å². The predicted octanol–water partition coefficient (Wildman–Crippen LogP) is 3.84. The zero-order chi connectivity index (χ0) is 11.5. The van der Waals surface area contributed by atoms with Crippen molar-refractivity contribution in [1.29, 1.82) is 0 Å². The van der Waals surface area contributed by atoms with Gasteiger partial charge in [-0.15, -0.1) is 10.2 Å². The Balaban J connectivity index is 2.04. The van der Waals surface area contributed by atoms with Crippen LogP contribution in [0.3, 0.4) is 0 Å². The summed E-state index contributed by atoms with van der Waals surface area (Å²) >= 11 is 10.4. The van der Waals surface area contributed by atoms with Crippen LogP contribution in [0.25, 0.3) is 0 Å². The highest BCUT2D eigenvalue weighted by Crippen LogP contribution is 2.27. The van der Waals surface area contributed by atoms with Gasteiger partial charge in [0, 0.05) is 0 Å². The molecule has 0 N–H and O–H groups in total. The summed E-state index contributed by atoms with van der Waals surface area (Å²) in [7, 11) is 0.